The molecule has 0 aliphatic heterocycles. The zero-order valence-corrected chi connectivity index (χ0v) is 23.6. The first kappa shape index (κ1) is 25.8. The van der Waals surface area contributed by atoms with Crippen LogP contribution >= 0.6 is 0 Å². The molecule has 0 radical (unpaired) electrons. The first-order valence-electron chi connectivity index (χ1n) is 13.1. The molecule has 0 aliphatic rings. The van der Waals surface area contributed by atoms with Gasteiger partial charge in [0, 0.05) is 22.0 Å². The number of hydrogen-bond donors (Lipinski definition) is 1. The van der Waals surface area contributed by atoms with Crippen LogP contribution in [0.2, 0.25) is 0 Å². The van der Waals surface area contributed by atoms with Crippen molar-refractivity contribution in [2.45, 2.75) is 31.7 Å². The Hall–Kier alpha value is -4.49. The Morgan fingerprint density at radius 2 is 1.45 bits per heavy atom. The highest BCUT2D eigenvalue weighted by Crippen LogP contribution is 2.43. The smallest absolute Gasteiger partial charge is 0.262 e. The van der Waals surface area contributed by atoms with Crippen LogP contribution in [0, 0.1) is 20.8 Å². The maximum absolute atomic E-state index is 13.7. The number of nitrogens with zero attached hydrogens (tertiary/aromatic N) is 1. The summed E-state index contributed by atoms with van der Waals surface area (Å²) in [4.78, 5) is 0.189. The van der Waals surface area contributed by atoms with Gasteiger partial charge in [0.05, 0.1) is 12.0 Å². The lowest BCUT2D eigenvalue weighted by atomic mass is 10.0. The topological polar surface area (TPSA) is 73.5 Å². The third-order valence-electron chi connectivity index (χ3n) is 7.60. The summed E-state index contributed by atoms with van der Waals surface area (Å²) in [5.41, 5.74) is 6.20. The molecule has 0 saturated carbocycles. The second kappa shape index (κ2) is 9.92. The van der Waals surface area contributed by atoms with Crippen molar-refractivity contribution < 1.29 is 17.6 Å². The predicted molar refractivity (Wildman–Crippen MR) is 160 cm³/mol. The molecule has 0 aliphatic carbocycles. The lowest BCUT2D eigenvalue weighted by molar-refractivity contribution is 0.414. The molecule has 6 nitrogen and oxygen atoms in total. The number of nitrogens with one attached hydrogen (secondary N) is 1. The molecule has 7 heteroatoms. The quantitative estimate of drug-likeness (QED) is 0.220. The van der Waals surface area contributed by atoms with Crippen molar-refractivity contribution in [3.63, 3.8) is 0 Å². The number of methoxy groups -OCH3 is 1. The van der Waals surface area contributed by atoms with Gasteiger partial charge in [-0.1, -0.05) is 60.2 Å². The minimum Gasteiger partial charge on any atom is -0.497 e. The van der Waals surface area contributed by atoms with Crippen LogP contribution < -0.4 is 9.46 Å². The van der Waals surface area contributed by atoms with Crippen LogP contribution in [-0.4, -0.2) is 20.1 Å². The first-order valence-corrected chi connectivity index (χ1v) is 14.6. The summed E-state index contributed by atoms with van der Waals surface area (Å²) in [6.45, 7) is 6.13. The number of hydrogen-bond acceptors (Lipinski definition) is 4. The van der Waals surface area contributed by atoms with Crippen molar-refractivity contribution in [3.05, 3.63) is 125 Å². The van der Waals surface area contributed by atoms with E-state index in [1.165, 1.54) is 0 Å². The monoisotopic (exact) mass is 550 g/mol. The average Bonchev–Trinajstić information content (AvgIpc) is 3.44. The highest BCUT2D eigenvalue weighted by atomic mass is 32.2. The van der Waals surface area contributed by atoms with E-state index in [0.29, 0.717) is 22.4 Å². The third-order valence-corrected chi connectivity index (χ3v) is 8.97. The fraction of sp³-hybridized carbons (Fsp3) is 0.152. The van der Waals surface area contributed by atoms with E-state index >= 15 is 0 Å². The van der Waals surface area contributed by atoms with Crippen LogP contribution in [0.5, 0.6) is 5.75 Å². The number of aromatic nitrogens is 1. The maximum atomic E-state index is 13.7. The van der Waals surface area contributed by atoms with Gasteiger partial charge < -0.3 is 13.7 Å². The first-order chi connectivity index (χ1) is 19.3. The largest absolute Gasteiger partial charge is 0.497 e. The molecule has 6 aromatic rings. The predicted octanol–water partition coefficient (Wildman–Crippen LogP) is 7.76. The van der Waals surface area contributed by atoms with Gasteiger partial charge in [-0.05, 0) is 74.4 Å². The Bertz CT molecular complexity index is 1950. The Morgan fingerprint density at radius 3 is 2.15 bits per heavy atom. The number of rotatable bonds is 7. The third kappa shape index (κ3) is 4.32. The Labute approximate surface area is 233 Å². The molecular weight excluding hydrogens is 520 g/mol. The molecule has 0 spiro atoms. The van der Waals surface area contributed by atoms with Gasteiger partial charge in [0.1, 0.15) is 23.1 Å². The second-order valence-corrected chi connectivity index (χ2v) is 11.7. The highest BCUT2D eigenvalue weighted by molar-refractivity contribution is 7.92. The van der Waals surface area contributed by atoms with E-state index in [4.69, 9.17) is 9.15 Å². The summed E-state index contributed by atoms with van der Waals surface area (Å²) in [6, 6.07) is 29.9. The minimum atomic E-state index is -3.91. The van der Waals surface area contributed by atoms with E-state index in [2.05, 4.69) is 35.3 Å². The van der Waals surface area contributed by atoms with Crippen molar-refractivity contribution in [1.29, 1.82) is 0 Å². The molecule has 0 fully saturated rings. The average molecular weight is 551 g/mol. The number of furan rings is 1. The van der Waals surface area contributed by atoms with Crippen LogP contribution in [0.15, 0.2) is 106 Å². The molecule has 0 bridgehead atoms. The van der Waals surface area contributed by atoms with E-state index < -0.39 is 16.1 Å². The van der Waals surface area contributed by atoms with Gasteiger partial charge >= 0.3 is 0 Å². The number of para-hydroxylation sites is 2. The minimum absolute atomic E-state index is 0.189. The van der Waals surface area contributed by atoms with Crippen LogP contribution in [0.4, 0.5) is 5.69 Å². The molecular formula is C33H30N2O4S. The van der Waals surface area contributed by atoms with Gasteiger partial charge in [-0.25, -0.2) is 8.42 Å². The summed E-state index contributed by atoms with van der Waals surface area (Å²) < 4.78 is 44.5. The molecule has 2 heterocycles. The molecule has 202 valence electrons. The normalized spacial score (nSPS) is 12.6. The van der Waals surface area contributed by atoms with Gasteiger partial charge in [0.15, 0.2) is 5.76 Å². The van der Waals surface area contributed by atoms with Crippen LogP contribution in [0.25, 0.3) is 21.9 Å². The molecule has 1 unspecified atom stereocenters. The van der Waals surface area contributed by atoms with Gasteiger partial charge in [0.2, 0.25) is 0 Å². The molecule has 4 aromatic carbocycles. The summed E-state index contributed by atoms with van der Waals surface area (Å²) in [7, 11) is -2.27. The lowest BCUT2D eigenvalue weighted by Crippen LogP contribution is -2.18. The van der Waals surface area contributed by atoms with Gasteiger partial charge in [-0.15, -0.1) is 0 Å². The molecule has 1 N–H and O–H groups in total. The number of aryl methyl sites for hydroxylation is 2. The SMILES string of the molecule is COc1ccc(C(c2oc3ccccc3c2NS(=O)(=O)c2ccc(C)cc2)n2c(C)c(C)c3ccccc32)cc1. The van der Waals surface area contributed by atoms with Crippen molar-refractivity contribution in [1.82, 2.24) is 4.57 Å². The zero-order chi connectivity index (χ0) is 28.0. The fourth-order valence-corrected chi connectivity index (χ4v) is 6.46. The number of sulfonamides is 1. The molecule has 0 saturated heterocycles. The molecule has 40 heavy (non-hydrogen) atoms. The fourth-order valence-electron chi connectivity index (χ4n) is 5.37. The Balaban J connectivity index is 1.63. The van der Waals surface area contributed by atoms with Crippen LogP contribution in [0.3, 0.4) is 0 Å². The van der Waals surface area contributed by atoms with Gasteiger partial charge in [-0.3, -0.25) is 4.72 Å². The van der Waals surface area contributed by atoms with Crippen LogP contribution in [0.1, 0.15) is 34.2 Å². The van der Waals surface area contributed by atoms with Crippen molar-refractivity contribution in [2.24, 2.45) is 0 Å². The summed E-state index contributed by atoms with van der Waals surface area (Å²) in [5, 5.41) is 1.83. The second-order valence-electron chi connectivity index (χ2n) is 10.0. The van der Waals surface area contributed by atoms with Gasteiger partial charge in [-0.2, -0.15) is 0 Å². The number of anilines is 1. The summed E-state index contributed by atoms with van der Waals surface area (Å²) >= 11 is 0. The molecule has 2 aromatic heterocycles. The van der Waals surface area contributed by atoms with E-state index in [0.717, 1.165) is 39.0 Å². The van der Waals surface area contributed by atoms with Crippen molar-refractivity contribution in [3.8, 4) is 5.75 Å². The standard InChI is InChI=1S/C33H30N2O4S/c1-21-13-19-26(20-14-21)40(36,37)34-31-28-10-6-8-12-30(28)39-33(31)32(24-15-17-25(38-4)18-16-24)35-23(3)22(2)27-9-5-7-11-29(27)35/h5-20,32,34H,1-4H3. The maximum Gasteiger partial charge on any atom is 0.262 e. The van der Waals surface area contributed by atoms with Crippen LogP contribution in [-0.2, 0) is 10.0 Å². The van der Waals surface area contributed by atoms with Gasteiger partial charge in [0.25, 0.3) is 10.0 Å². The zero-order valence-electron chi connectivity index (χ0n) is 22.8. The van der Waals surface area contributed by atoms with E-state index in [9.17, 15) is 8.42 Å². The molecule has 0 amide bonds. The molecule has 1 atom stereocenters. The van der Waals surface area contributed by atoms with E-state index in [1.54, 1.807) is 31.4 Å². The van der Waals surface area contributed by atoms with E-state index in [1.807, 2.05) is 67.6 Å². The lowest BCUT2D eigenvalue weighted by Gasteiger charge is -2.23. The molecule has 6 rings (SSSR count). The highest BCUT2D eigenvalue weighted by Gasteiger charge is 2.31. The van der Waals surface area contributed by atoms with Crippen molar-refractivity contribution >= 4 is 37.6 Å². The Morgan fingerprint density at radius 1 is 0.800 bits per heavy atom. The number of benzene rings is 4. The van der Waals surface area contributed by atoms with Crippen molar-refractivity contribution in [2.75, 3.05) is 11.8 Å². The number of ether oxygens (including phenoxy) is 1. The number of fused-ring (bicyclic) bond motifs is 2. The summed E-state index contributed by atoms with van der Waals surface area (Å²) in [6.07, 6.45) is 0. The summed E-state index contributed by atoms with van der Waals surface area (Å²) in [5.74, 6) is 1.24. The van der Waals surface area contributed by atoms with E-state index in [-0.39, 0.29) is 4.90 Å². The Kier molecular flexibility index (Phi) is 6.39.